The van der Waals surface area contributed by atoms with Gasteiger partial charge in [0.15, 0.2) is 11.5 Å². The number of nitrogens with two attached hydrogens (primary N) is 1. The van der Waals surface area contributed by atoms with E-state index < -0.39 is 22.0 Å². The Morgan fingerprint density at radius 3 is 2.48 bits per heavy atom. The SMILES string of the molecule is C[C@H](NC(=O)c1nc(-c2cccc(NS(C)(=O)=O)c2)cnc1N)c1cc2cccc(N3CCOCC3)c2c(=O)n1-c1ccccc1. The van der Waals surface area contributed by atoms with E-state index in [1.165, 1.54) is 6.20 Å². The zero-order valence-corrected chi connectivity index (χ0v) is 26.1. The van der Waals surface area contributed by atoms with Crippen LogP contribution < -0.4 is 26.2 Å². The van der Waals surface area contributed by atoms with Gasteiger partial charge in [0.2, 0.25) is 10.0 Å². The Balaban J connectivity index is 1.38. The topological polar surface area (TPSA) is 162 Å². The van der Waals surface area contributed by atoms with Crippen molar-refractivity contribution in [1.29, 1.82) is 0 Å². The maximum atomic E-state index is 14.4. The number of rotatable bonds is 8. The largest absolute Gasteiger partial charge is 0.382 e. The van der Waals surface area contributed by atoms with E-state index in [0.29, 0.717) is 60.0 Å². The molecule has 0 spiro atoms. The standard InChI is InChI=1S/C33H33N7O5S/c1-21(36-32(41)30-31(34)35-20-26(37-30)22-8-6-10-24(18-22)38-46(2,43)44)28-19-23-9-7-13-27(39-14-16-45-17-15-39)29(23)33(42)40(28)25-11-4-3-5-12-25/h3-13,18-21,38H,14-17H2,1-2H3,(H2,34,35)(H,36,41)/t21-/m0/s1. The molecule has 4 N–H and O–H groups in total. The molecule has 5 aromatic rings. The van der Waals surface area contributed by atoms with Gasteiger partial charge in [-0.1, -0.05) is 42.5 Å². The number of benzene rings is 3. The van der Waals surface area contributed by atoms with E-state index in [1.807, 2.05) is 54.6 Å². The lowest BCUT2D eigenvalue weighted by atomic mass is 10.0. The van der Waals surface area contributed by atoms with Crippen LogP contribution in [0.4, 0.5) is 17.2 Å². The second-order valence-corrected chi connectivity index (χ2v) is 12.8. The molecule has 46 heavy (non-hydrogen) atoms. The lowest BCUT2D eigenvalue weighted by molar-refractivity contribution is 0.0934. The van der Waals surface area contributed by atoms with E-state index in [-0.39, 0.29) is 17.1 Å². The van der Waals surface area contributed by atoms with E-state index in [0.717, 1.165) is 17.3 Å². The highest BCUT2D eigenvalue weighted by molar-refractivity contribution is 7.92. The first-order valence-electron chi connectivity index (χ1n) is 14.7. The molecule has 1 aliphatic rings. The number of aromatic nitrogens is 3. The Labute approximate surface area is 265 Å². The number of para-hydroxylation sites is 1. The first-order valence-corrected chi connectivity index (χ1v) is 16.6. The Bertz CT molecular complexity index is 2100. The van der Waals surface area contributed by atoms with Crippen molar-refractivity contribution in [3.05, 3.63) is 107 Å². The van der Waals surface area contributed by atoms with Crippen molar-refractivity contribution >= 4 is 43.9 Å². The van der Waals surface area contributed by atoms with Gasteiger partial charge in [-0.3, -0.25) is 18.9 Å². The Morgan fingerprint density at radius 1 is 1.00 bits per heavy atom. The highest BCUT2D eigenvalue weighted by atomic mass is 32.2. The van der Waals surface area contributed by atoms with Crippen molar-refractivity contribution in [2.24, 2.45) is 0 Å². The van der Waals surface area contributed by atoms with Crippen molar-refractivity contribution in [3.63, 3.8) is 0 Å². The molecule has 0 aliphatic carbocycles. The number of carbonyl (C=O) groups is 1. The van der Waals surface area contributed by atoms with Crippen molar-refractivity contribution in [2.45, 2.75) is 13.0 Å². The molecule has 12 nitrogen and oxygen atoms in total. The predicted octanol–water partition coefficient (Wildman–Crippen LogP) is 3.73. The van der Waals surface area contributed by atoms with Crippen LogP contribution in [0, 0.1) is 0 Å². The molecule has 0 unspecified atom stereocenters. The highest BCUT2D eigenvalue weighted by Gasteiger charge is 2.24. The van der Waals surface area contributed by atoms with Gasteiger partial charge >= 0.3 is 0 Å². The molecule has 1 saturated heterocycles. The molecule has 6 rings (SSSR count). The normalized spacial score (nSPS) is 14.2. The number of anilines is 3. The van der Waals surface area contributed by atoms with E-state index in [1.54, 1.807) is 35.8 Å². The van der Waals surface area contributed by atoms with E-state index in [9.17, 15) is 18.0 Å². The van der Waals surface area contributed by atoms with E-state index in [2.05, 4.69) is 24.9 Å². The highest BCUT2D eigenvalue weighted by Crippen LogP contribution is 2.29. The van der Waals surface area contributed by atoms with Gasteiger partial charge in [0.05, 0.1) is 48.5 Å². The van der Waals surface area contributed by atoms with E-state index >= 15 is 0 Å². The van der Waals surface area contributed by atoms with Crippen molar-refractivity contribution in [2.75, 3.05) is 47.9 Å². The fourth-order valence-electron chi connectivity index (χ4n) is 5.59. The number of nitrogens with zero attached hydrogens (tertiary/aromatic N) is 4. The maximum absolute atomic E-state index is 14.4. The van der Waals surface area contributed by atoms with Gasteiger partial charge in [0, 0.05) is 35.7 Å². The van der Waals surface area contributed by atoms with Gasteiger partial charge in [-0.05, 0) is 48.7 Å². The number of morpholine rings is 1. The Morgan fingerprint density at radius 2 is 1.74 bits per heavy atom. The van der Waals surface area contributed by atoms with Gasteiger partial charge in [0.25, 0.3) is 11.5 Å². The summed E-state index contributed by atoms with van der Waals surface area (Å²) < 4.78 is 33.0. The summed E-state index contributed by atoms with van der Waals surface area (Å²) in [5.74, 6) is -0.660. The first kappa shape index (κ1) is 30.7. The molecule has 0 radical (unpaired) electrons. The number of pyridine rings is 1. The summed E-state index contributed by atoms with van der Waals surface area (Å²) in [6.07, 6.45) is 2.47. The number of hydrogen-bond acceptors (Lipinski definition) is 9. The minimum atomic E-state index is -3.50. The van der Waals surface area contributed by atoms with Gasteiger partial charge in [-0.2, -0.15) is 0 Å². The summed E-state index contributed by atoms with van der Waals surface area (Å²) in [7, 11) is -3.50. The fraction of sp³-hybridized carbons (Fsp3) is 0.212. The van der Waals surface area contributed by atoms with Crippen LogP contribution in [0.15, 0.2) is 89.9 Å². The van der Waals surface area contributed by atoms with E-state index in [4.69, 9.17) is 10.5 Å². The summed E-state index contributed by atoms with van der Waals surface area (Å²) in [6.45, 7) is 4.31. The zero-order valence-electron chi connectivity index (χ0n) is 25.3. The molecule has 2 aromatic heterocycles. The summed E-state index contributed by atoms with van der Waals surface area (Å²) in [5, 5.41) is 4.29. The minimum Gasteiger partial charge on any atom is -0.382 e. The predicted molar refractivity (Wildman–Crippen MR) is 179 cm³/mol. The number of fused-ring (bicyclic) bond motifs is 1. The summed E-state index contributed by atoms with van der Waals surface area (Å²) in [5.41, 5.74) is 9.07. The van der Waals surface area contributed by atoms with Crippen LogP contribution in [-0.4, -0.2) is 61.4 Å². The monoisotopic (exact) mass is 639 g/mol. The molecule has 3 heterocycles. The molecule has 1 amide bonds. The van der Waals surface area contributed by atoms with Crippen LogP contribution in [-0.2, 0) is 14.8 Å². The lowest BCUT2D eigenvalue weighted by Crippen LogP contribution is -2.37. The van der Waals surface area contributed by atoms with Gasteiger partial charge in [-0.15, -0.1) is 0 Å². The van der Waals surface area contributed by atoms with Crippen molar-refractivity contribution in [1.82, 2.24) is 19.9 Å². The number of hydrogen-bond donors (Lipinski definition) is 3. The third kappa shape index (κ3) is 6.41. The second kappa shape index (κ2) is 12.6. The summed E-state index contributed by atoms with van der Waals surface area (Å²) in [4.78, 5) is 38.8. The number of amides is 1. The van der Waals surface area contributed by atoms with Gasteiger partial charge in [0.1, 0.15) is 0 Å². The quantitative estimate of drug-likeness (QED) is 0.230. The molecule has 236 valence electrons. The Kier molecular flexibility index (Phi) is 8.43. The minimum absolute atomic E-state index is 0.0759. The number of nitrogen functional groups attached to an aromatic ring is 1. The number of nitrogens with one attached hydrogen (secondary N) is 2. The molecular weight excluding hydrogens is 606 g/mol. The van der Waals surface area contributed by atoms with Crippen LogP contribution in [0.1, 0.15) is 29.1 Å². The molecule has 1 aliphatic heterocycles. The summed E-state index contributed by atoms with van der Waals surface area (Å²) in [6, 6.07) is 22.9. The van der Waals surface area contributed by atoms with Gasteiger partial charge in [-0.25, -0.2) is 18.4 Å². The average Bonchev–Trinajstić information content (AvgIpc) is 3.04. The molecule has 3 aromatic carbocycles. The van der Waals surface area contributed by atoms with Crippen molar-refractivity contribution in [3.8, 4) is 16.9 Å². The van der Waals surface area contributed by atoms with Crippen LogP contribution >= 0.6 is 0 Å². The first-order chi connectivity index (χ1) is 22.1. The number of ether oxygens (including phenoxy) is 1. The molecular formula is C33H33N7O5S. The van der Waals surface area contributed by atoms with Crippen LogP contribution in [0.25, 0.3) is 27.7 Å². The molecule has 1 atom stereocenters. The van der Waals surface area contributed by atoms with Crippen LogP contribution in [0.3, 0.4) is 0 Å². The second-order valence-electron chi connectivity index (χ2n) is 11.0. The molecule has 1 fully saturated rings. The summed E-state index contributed by atoms with van der Waals surface area (Å²) >= 11 is 0. The third-order valence-corrected chi connectivity index (χ3v) is 8.29. The van der Waals surface area contributed by atoms with Gasteiger partial charge < -0.3 is 20.7 Å². The molecule has 0 bridgehead atoms. The van der Waals surface area contributed by atoms with Crippen molar-refractivity contribution < 1.29 is 17.9 Å². The van der Waals surface area contributed by atoms with Crippen LogP contribution in [0.5, 0.6) is 0 Å². The zero-order chi connectivity index (χ0) is 32.4. The molecule has 13 heteroatoms. The molecule has 0 saturated carbocycles. The van der Waals surface area contributed by atoms with Crippen LogP contribution in [0.2, 0.25) is 0 Å². The maximum Gasteiger partial charge on any atom is 0.274 e. The number of carbonyl (C=O) groups excluding carboxylic acids is 1. The smallest absolute Gasteiger partial charge is 0.274 e. The average molecular weight is 640 g/mol. The lowest BCUT2D eigenvalue weighted by Gasteiger charge is -2.30. The fourth-order valence-corrected chi connectivity index (χ4v) is 6.15. The number of sulfonamides is 1. The Hall–Kier alpha value is -5.27. The third-order valence-electron chi connectivity index (χ3n) is 7.69.